The third-order valence-electron chi connectivity index (χ3n) is 2.71. The van der Waals surface area contributed by atoms with Crippen LogP contribution in [0.1, 0.15) is 10.5 Å². The van der Waals surface area contributed by atoms with E-state index in [0.717, 1.165) is 5.56 Å². The number of nitrogen functional groups attached to an aromatic ring is 1. The molecular formula is C12H9N5O2. The average molecular weight is 255 g/mol. The van der Waals surface area contributed by atoms with E-state index >= 15 is 0 Å². The Labute approximate surface area is 107 Å². The molecule has 0 unspecified atom stereocenters. The Morgan fingerprint density at radius 2 is 1.95 bits per heavy atom. The standard InChI is InChI=1S/C12H9N5O2/c13-12-15-9-2-1-8(7-3-5-14-6-4-7)10(11(18)19)17(9)16-12/h1-6H,(H2,13,16)(H,18,19). The zero-order chi connectivity index (χ0) is 13.4. The predicted molar refractivity (Wildman–Crippen MR) is 67.6 cm³/mol. The molecule has 0 radical (unpaired) electrons. The number of aromatic nitrogens is 4. The molecule has 0 bridgehead atoms. The lowest BCUT2D eigenvalue weighted by atomic mass is 10.1. The summed E-state index contributed by atoms with van der Waals surface area (Å²) in [5.41, 5.74) is 7.19. The van der Waals surface area contributed by atoms with Crippen molar-refractivity contribution >= 4 is 17.6 Å². The normalized spacial score (nSPS) is 10.7. The first-order valence-electron chi connectivity index (χ1n) is 5.46. The summed E-state index contributed by atoms with van der Waals surface area (Å²) < 4.78 is 1.23. The maximum Gasteiger partial charge on any atom is 0.355 e. The molecule has 0 aromatic carbocycles. The van der Waals surface area contributed by atoms with Crippen LogP contribution in [0.3, 0.4) is 0 Å². The number of carbonyl (C=O) groups is 1. The minimum absolute atomic E-state index is 0.0212. The van der Waals surface area contributed by atoms with Crippen LogP contribution in [-0.4, -0.2) is 30.7 Å². The van der Waals surface area contributed by atoms with Crippen LogP contribution >= 0.6 is 0 Å². The molecule has 0 aliphatic rings. The van der Waals surface area contributed by atoms with Crippen LogP contribution in [0.25, 0.3) is 16.8 Å². The zero-order valence-corrected chi connectivity index (χ0v) is 9.69. The first kappa shape index (κ1) is 11.1. The Morgan fingerprint density at radius 3 is 2.63 bits per heavy atom. The molecule has 0 saturated carbocycles. The summed E-state index contributed by atoms with van der Waals surface area (Å²) in [4.78, 5) is 19.3. The highest BCUT2D eigenvalue weighted by atomic mass is 16.4. The minimum Gasteiger partial charge on any atom is -0.476 e. The lowest BCUT2D eigenvalue weighted by Crippen LogP contribution is -2.09. The molecule has 7 nitrogen and oxygen atoms in total. The van der Waals surface area contributed by atoms with Crippen LogP contribution in [0.5, 0.6) is 0 Å². The highest BCUT2D eigenvalue weighted by Gasteiger charge is 2.18. The van der Waals surface area contributed by atoms with Gasteiger partial charge in [-0.15, -0.1) is 5.10 Å². The molecule has 19 heavy (non-hydrogen) atoms. The van der Waals surface area contributed by atoms with Gasteiger partial charge in [0.1, 0.15) is 0 Å². The Hall–Kier alpha value is -2.96. The van der Waals surface area contributed by atoms with Crippen LogP contribution in [0, 0.1) is 0 Å². The predicted octanol–water partition coefficient (Wildman–Crippen LogP) is 1.07. The van der Waals surface area contributed by atoms with Gasteiger partial charge in [0.25, 0.3) is 0 Å². The molecule has 0 fully saturated rings. The van der Waals surface area contributed by atoms with Crippen molar-refractivity contribution in [1.29, 1.82) is 0 Å². The lowest BCUT2D eigenvalue weighted by Gasteiger charge is -2.07. The van der Waals surface area contributed by atoms with E-state index in [2.05, 4.69) is 15.1 Å². The fourth-order valence-electron chi connectivity index (χ4n) is 1.93. The maximum absolute atomic E-state index is 11.5. The number of anilines is 1. The minimum atomic E-state index is -1.10. The van der Waals surface area contributed by atoms with Crippen LogP contribution in [0.15, 0.2) is 36.7 Å². The number of hydrogen-bond donors (Lipinski definition) is 2. The SMILES string of the molecule is Nc1nc2ccc(-c3ccncc3)c(C(=O)O)n2n1. The van der Waals surface area contributed by atoms with Gasteiger partial charge in [-0.1, -0.05) is 0 Å². The van der Waals surface area contributed by atoms with Gasteiger partial charge in [-0.2, -0.15) is 4.98 Å². The largest absolute Gasteiger partial charge is 0.476 e. The molecule has 0 aliphatic heterocycles. The van der Waals surface area contributed by atoms with Crippen molar-refractivity contribution in [2.75, 3.05) is 5.73 Å². The van der Waals surface area contributed by atoms with Crippen molar-refractivity contribution in [3.8, 4) is 11.1 Å². The average Bonchev–Trinajstić information content (AvgIpc) is 2.78. The van der Waals surface area contributed by atoms with Gasteiger partial charge in [0.05, 0.1) is 0 Å². The van der Waals surface area contributed by atoms with Crippen LogP contribution in [0.4, 0.5) is 5.95 Å². The Morgan fingerprint density at radius 1 is 1.21 bits per heavy atom. The Bertz CT molecular complexity index is 766. The summed E-state index contributed by atoms with van der Waals surface area (Å²) >= 11 is 0. The van der Waals surface area contributed by atoms with Gasteiger partial charge < -0.3 is 10.8 Å². The van der Waals surface area contributed by atoms with E-state index in [0.29, 0.717) is 11.2 Å². The van der Waals surface area contributed by atoms with Gasteiger partial charge >= 0.3 is 5.97 Å². The van der Waals surface area contributed by atoms with E-state index in [1.54, 1.807) is 36.7 Å². The monoisotopic (exact) mass is 255 g/mol. The van der Waals surface area contributed by atoms with E-state index in [9.17, 15) is 9.90 Å². The molecule has 0 atom stereocenters. The summed E-state index contributed by atoms with van der Waals surface area (Å²) in [6.07, 6.45) is 3.20. The Balaban J connectivity index is 2.36. The van der Waals surface area contributed by atoms with Gasteiger partial charge in [0.15, 0.2) is 11.3 Å². The van der Waals surface area contributed by atoms with E-state index < -0.39 is 5.97 Å². The molecule has 0 saturated heterocycles. The highest BCUT2D eigenvalue weighted by molar-refractivity contribution is 5.95. The van der Waals surface area contributed by atoms with Gasteiger partial charge in [0, 0.05) is 18.0 Å². The first-order chi connectivity index (χ1) is 9.16. The molecular weight excluding hydrogens is 246 g/mol. The smallest absolute Gasteiger partial charge is 0.355 e. The van der Waals surface area contributed by atoms with Gasteiger partial charge in [-0.25, -0.2) is 9.31 Å². The maximum atomic E-state index is 11.5. The van der Waals surface area contributed by atoms with Crippen molar-refractivity contribution in [2.45, 2.75) is 0 Å². The number of pyridine rings is 2. The first-order valence-corrected chi connectivity index (χ1v) is 5.46. The molecule has 7 heteroatoms. The molecule has 3 N–H and O–H groups in total. The van der Waals surface area contributed by atoms with Crippen molar-refractivity contribution < 1.29 is 9.90 Å². The fraction of sp³-hybridized carbons (Fsp3) is 0. The van der Waals surface area contributed by atoms with E-state index in [1.165, 1.54) is 4.52 Å². The van der Waals surface area contributed by atoms with Gasteiger partial charge in [-0.05, 0) is 29.8 Å². The lowest BCUT2D eigenvalue weighted by molar-refractivity contribution is 0.0688. The number of hydrogen-bond acceptors (Lipinski definition) is 5. The van der Waals surface area contributed by atoms with Crippen LogP contribution in [0.2, 0.25) is 0 Å². The molecule has 94 valence electrons. The molecule has 3 heterocycles. The van der Waals surface area contributed by atoms with Gasteiger partial charge in [-0.3, -0.25) is 4.98 Å². The van der Waals surface area contributed by atoms with Crippen LogP contribution in [-0.2, 0) is 0 Å². The molecule has 3 aromatic heterocycles. The van der Waals surface area contributed by atoms with E-state index in [1.807, 2.05) is 0 Å². The third kappa shape index (κ3) is 1.77. The molecule has 0 amide bonds. The highest BCUT2D eigenvalue weighted by Crippen LogP contribution is 2.24. The van der Waals surface area contributed by atoms with E-state index in [-0.39, 0.29) is 11.6 Å². The number of nitrogens with zero attached hydrogens (tertiary/aromatic N) is 4. The topological polar surface area (TPSA) is 106 Å². The second-order valence-corrected chi connectivity index (χ2v) is 3.88. The quantitative estimate of drug-likeness (QED) is 0.709. The molecule has 0 spiro atoms. The molecule has 3 aromatic rings. The van der Waals surface area contributed by atoms with Gasteiger partial charge in [0.2, 0.25) is 5.95 Å². The van der Waals surface area contributed by atoms with Crippen molar-refractivity contribution in [3.63, 3.8) is 0 Å². The number of rotatable bonds is 2. The number of carboxylic acids is 1. The van der Waals surface area contributed by atoms with Crippen LogP contribution < -0.4 is 5.73 Å². The summed E-state index contributed by atoms with van der Waals surface area (Å²) in [6, 6.07) is 6.82. The second kappa shape index (κ2) is 4.05. The van der Waals surface area contributed by atoms with Crippen molar-refractivity contribution in [1.82, 2.24) is 19.6 Å². The number of fused-ring (bicyclic) bond motifs is 1. The summed E-state index contributed by atoms with van der Waals surface area (Å²) in [7, 11) is 0. The van der Waals surface area contributed by atoms with Crippen molar-refractivity contribution in [3.05, 3.63) is 42.4 Å². The summed E-state index contributed by atoms with van der Waals surface area (Å²) in [5.74, 6) is -1.06. The number of carboxylic acid groups (broad SMARTS) is 1. The summed E-state index contributed by atoms with van der Waals surface area (Å²) in [6.45, 7) is 0. The number of aromatic carboxylic acids is 1. The number of nitrogens with two attached hydrogens (primary N) is 1. The van der Waals surface area contributed by atoms with Crippen molar-refractivity contribution in [2.24, 2.45) is 0 Å². The fourth-order valence-corrected chi connectivity index (χ4v) is 1.93. The van der Waals surface area contributed by atoms with E-state index in [4.69, 9.17) is 5.73 Å². The molecule has 3 rings (SSSR count). The summed E-state index contributed by atoms with van der Waals surface area (Å²) in [5, 5.41) is 13.3. The molecule has 0 aliphatic carbocycles. The second-order valence-electron chi connectivity index (χ2n) is 3.88. The Kier molecular flexibility index (Phi) is 2.38. The zero-order valence-electron chi connectivity index (χ0n) is 9.69. The third-order valence-corrected chi connectivity index (χ3v) is 2.71.